The third-order valence-corrected chi connectivity index (χ3v) is 7.61. The molecule has 2 atom stereocenters. The van der Waals surface area contributed by atoms with Crippen LogP contribution < -0.4 is 0 Å². The molecule has 0 aliphatic carbocycles. The van der Waals surface area contributed by atoms with Crippen molar-refractivity contribution in [2.45, 2.75) is 46.1 Å². The minimum Gasteiger partial charge on any atom is -0.374 e. The number of hydrogen-bond acceptors (Lipinski definition) is 3. The summed E-state index contributed by atoms with van der Waals surface area (Å²) in [5.41, 5.74) is 0.296. The van der Waals surface area contributed by atoms with Gasteiger partial charge in [-0.2, -0.15) is 0 Å². The number of rotatable bonds is 5. The first-order valence-corrected chi connectivity index (χ1v) is 9.16. The van der Waals surface area contributed by atoms with E-state index in [0.29, 0.717) is 11.5 Å². The summed E-state index contributed by atoms with van der Waals surface area (Å²) in [5.74, 6) is 0. The van der Waals surface area contributed by atoms with Crippen LogP contribution in [-0.4, -0.2) is 60.4 Å². The van der Waals surface area contributed by atoms with Gasteiger partial charge in [-0.15, -0.1) is 0 Å². The summed E-state index contributed by atoms with van der Waals surface area (Å²) in [5, 5.41) is 0. The summed E-state index contributed by atoms with van der Waals surface area (Å²) in [6.45, 7) is 8.21. The Morgan fingerprint density at radius 3 is 2.00 bits per heavy atom. The first-order chi connectivity index (χ1) is 8.73. The van der Waals surface area contributed by atoms with Gasteiger partial charge in [0.05, 0.1) is 19.6 Å². The molecule has 1 aliphatic heterocycles. The molecule has 0 amide bonds. The molecule has 1 saturated heterocycles. The molecule has 0 bridgehead atoms. The van der Waals surface area contributed by atoms with E-state index in [2.05, 4.69) is 27.8 Å². The Kier molecular flexibility index (Phi) is 5.60. The van der Waals surface area contributed by atoms with Crippen LogP contribution in [0.5, 0.6) is 0 Å². The zero-order valence-electron chi connectivity index (χ0n) is 13.8. The van der Waals surface area contributed by atoms with Gasteiger partial charge in [-0.1, -0.05) is 20.8 Å². The Morgan fingerprint density at radius 2 is 1.58 bits per heavy atom. The van der Waals surface area contributed by atoms with Crippen LogP contribution in [0.15, 0.2) is 0 Å². The van der Waals surface area contributed by atoms with Crippen molar-refractivity contribution < 1.29 is 17.8 Å². The number of piperidine rings is 1. The van der Waals surface area contributed by atoms with Crippen molar-refractivity contribution in [1.82, 2.24) is 0 Å². The average molecular weight is 290 g/mol. The van der Waals surface area contributed by atoms with Crippen molar-refractivity contribution in [2.24, 2.45) is 5.41 Å². The van der Waals surface area contributed by atoms with E-state index < -0.39 is 8.80 Å². The lowest BCUT2D eigenvalue weighted by atomic mass is 9.79. The van der Waals surface area contributed by atoms with Crippen molar-refractivity contribution >= 4 is 8.80 Å². The predicted octanol–water partition coefficient (Wildman–Crippen LogP) is 2.45. The highest BCUT2D eigenvalue weighted by Gasteiger charge is 2.52. The molecule has 2 unspecified atom stereocenters. The van der Waals surface area contributed by atoms with Gasteiger partial charge in [0.25, 0.3) is 0 Å². The summed E-state index contributed by atoms with van der Waals surface area (Å²) < 4.78 is 17.9. The van der Waals surface area contributed by atoms with Crippen LogP contribution in [0, 0.1) is 5.41 Å². The Hall–Kier alpha value is 0.0569. The van der Waals surface area contributed by atoms with Gasteiger partial charge in [0, 0.05) is 33.2 Å². The molecular weight excluding hydrogens is 258 g/mol. The molecule has 1 rings (SSSR count). The highest BCUT2D eigenvalue weighted by Crippen LogP contribution is 2.37. The molecule has 5 heteroatoms. The SMILES string of the molecule is CO[Si](C[N+]1(C)CCCCC1C(C)(C)C)(OC)OC. The van der Waals surface area contributed by atoms with E-state index in [-0.39, 0.29) is 0 Å². The van der Waals surface area contributed by atoms with E-state index in [1.54, 1.807) is 21.3 Å². The number of likely N-dealkylation sites (tertiary alicyclic amines) is 1. The molecule has 0 radical (unpaired) electrons. The predicted molar refractivity (Wildman–Crippen MR) is 79.8 cm³/mol. The maximum Gasteiger partial charge on any atom is 0.558 e. The Labute approximate surface area is 120 Å². The maximum atomic E-state index is 5.64. The van der Waals surface area contributed by atoms with Crippen LogP contribution in [0.2, 0.25) is 0 Å². The van der Waals surface area contributed by atoms with Crippen molar-refractivity contribution in [3.05, 3.63) is 0 Å². The smallest absolute Gasteiger partial charge is 0.374 e. The normalized spacial score (nSPS) is 29.5. The van der Waals surface area contributed by atoms with Gasteiger partial charge in [0.1, 0.15) is 6.17 Å². The van der Waals surface area contributed by atoms with E-state index in [0.717, 1.165) is 10.7 Å². The Balaban J connectivity index is 2.98. The molecule has 0 saturated carbocycles. The molecule has 1 heterocycles. The van der Waals surface area contributed by atoms with Crippen LogP contribution in [0.1, 0.15) is 40.0 Å². The van der Waals surface area contributed by atoms with Crippen LogP contribution >= 0.6 is 0 Å². The van der Waals surface area contributed by atoms with Crippen molar-refractivity contribution in [3.8, 4) is 0 Å². The topological polar surface area (TPSA) is 27.7 Å². The highest BCUT2D eigenvalue weighted by atomic mass is 28.4. The molecule has 0 spiro atoms. The zero-order valence-corrected chi connectivity index (χ0v) is 14.8. The fourth-order valence-electron chi connectivity index (χ4n) is 3.72. The van der Waals surface area contributed by atoms with Crippen LogP contribution in [-0.2, 0) is 13.3 Å². The molecule has 0 N–H and O–H groups in total. The Morgan fingerprint density at radius 1 is 1.05 bits per heavy atom. The third kappa shape index (κ3) is 3.79. The monoisotopic (exact) mass is 290 g/mol. The lowest BCUT2D eigenvalue weighted by Crippen LogP contribution is -2.68. The zero-order chi connectivity index (χ0) is 14.7. The molecule has 0 aromatic rings. The second-order valence-electron chi connectivity index (χ2n) is 7.03. The summed E-state index contributed by atoms with van der Waals surface area (Å²) >= 11 is 0. The van der Waals surface area contributed by atoms with E-state index in [1.807, 2.05) is 0 Å². The minimum atomic E-state index is -2.53. The van der Waals surface area contributed by atoms with Crippen molar-refractivity contribution in [2.75, 3.05) is 41.1 Å². The number of nitrogens with zero attached hydrogens (tertiary/aromatic N) is 1. The summed E-state index contributed by atoms with van der Waals surface area (Å²) in [7, 11) is 4.94. The molecule has 1 fully saturated rings. The van der Waals surface area contributed by atoms with E-state index in [1.165, 1.54) is 25.8 Å². The molecule has 0 aromatic heterocycles. The van der Waals surface area contributed by atoms with Gasteiger partial charge in [0.15, 0.2) is 0 Å². The first kappa shape index (κ1) is 17.1. The summed E-state index contributed by atoms with van der Waals surface area (Å²) in [6.07, 6.45) is 4.75. The lowest BCUT2D eigenvalue weighted by Gasteiger charge is -2.51. The molecule has 19 heavy (non-hydrogen) atoms. The minimum absolute atomic E-state index is 0.296. The van der Waals surface area contributed by atoms with Gasteiger partial charge in [0.2, 0.25) is 0 Å². The molecule has 0 aromatic carbocycles. The van der Waals surface area contributed by atoms with Gasteiger partial charge in [-0.25, -0.2) is 0 Å². The molecular formula is C14H32NO3Si+. The standard InChI is InChI=1S/C14H32NO3Si/c1-14(2,3)13-10-8-9-11-15(13,4)12-19(16-5,17-6)18-7/h13H,8-12H2,1-7H3/q+1. The molecule has 1 aliphatic rings. The van der Waals surface area contributed by atoms with Gasteiger partial charge in [-0.05, 0) is 12.8 Å². The Bertz CT molecular complexity index is 281. The average Bonchev–Trinajstić information content (AvgIpc) is 2.35. The van der Waals surface area contributed by atoms with E-state index >= 15 is 0 Å². The van der Waals surface area contributed by atoms with Crippen molar-refractivity contribution in [1.29, 1.82) is 0 Å². The van der Waals surface area contributed by atoms with Crippen LogP contribution in [0.3, 0.4) is 0 Å². The van der Waals surface area contributed by atoms with Crippen LogP contribution in [0.4, 0.5) is 0 Å². The second kappa shape index (κ2) is 6.22. The van der Waals surface area contributed by atoms with E-state index in [9.17, 15) is 0 Å². The fraction of sp³-hybridized carbons (Fsp3) is 1.00. The van der Waals surface area contributed by atoms with Gasteiger partial charge >= 0.3 is 8.80 Å². The first-order valence-electron chi connectivity index (χ1n) is 7.23. The van der Waals surface area contributed by atoms with Gasteiger partial charge in [-0.3, -0.25) is 0 Å². The molecule has 4 nitrogen and oxygen atoms in total. The summed E-state index contributed by atoms with van der Waals surface area (Å²) in [6, 6.07) is 0.633. The number of quaternary nitrogens is 1. The quantitative estimate of drug-likeness (QED) is 0.575. The third-order valence-electron chi connectivity index (χ3n) is 4.64. The van der Waals surface area contributed by atoms with Crippen LogP contribution in [0.25, 0.3) is 0 Å². The highest BCUT2D eigenvalue weighted by molar-refractivity contribution is 6.60. The van der Waals surface area contributed by atoms with Crippen molar-refractivity contribution in [3.63, 3.8) is 0 Å². The fourth-order valence-corrected chi connectivity index (χ4v) is 5.87. The second-order valence-corrected chi connectivity index (χ2v) is 9.94. The maximum absolute atomic E-state index is 5.64. The lowest BCUT2D eigenvalue weighted by molar-refractivity contribution is -0.938. The largest absolute Gasteiger partial charge is 0.558 e. The van der Waals surface area contributed by atoms with Gasteiger partial charge < -0.3 is 17.8 Å². The van der Waals surface area contributed by atoms with E-state index in [4.69, 9.17) is 13.3 Å². The number of hydrogen-bond donors (Lipinski definition) is 0. The molecule has 114 valence electrons. The summed E-state index contributed by atoms with van der Waals surface area (Å²) in [4.78, 5) is 0.